The van der Waals surface area contributed by atoms with Crippen LogP contribution in [0.4, 0.5) is 0 Å². The summed E-state index contributed by atoms with van der Waals surface area (Å²) in [5, 5.41) is 11.8. The Morgan fingerprint density at radius 3 is 2.55 bits per heavy atom. The van der Waals surface area contributed by atoms with Crippen molar-refractivity contribution >= 4 is 33.5 Å². The number of hydrogen-bond donors (Lipinski definition) is 2. The fourth-order valence-corrected chi connectivity index (χ4v) is 4.50. The summed E-state index contributed by atoms with van der Waals surface area (Å²) in [7, 11) is -3.77. The highest BCUT2D eigenvalue weighted by molar-refractivity contribution is 7.89. The second kappa shape index (κ2) is 8.91. The van der Waals surface area contributed by atoms with Crippen molar-refractivity contribution in [3.8, 4) is 0 Å². The van der Waals surface area contributed by atoms with Crippen LogP contribution in [0.2, 0.25) is 5.02 Å². The average molecular weight is 439 g/mol. The molecule has 1 saturated heterocycles. The Labute approximate surface area is 173 Å². The lowest BCUT2D eigenvalue weighted by Crippen LogP contribution is -2.40. The second-order valence-corrected chi connectivity index (χ2v) is 8.69. The Morgan fingerprint density at radius 2 is 1.86 bits per heavy atom. The van der Waals surface area contributed by atoms with Gasteiger partial charge in [0.2, 0.25) is 10.0 Å². The maximum Gasteiger partial charge on any atom is 0.335 e. The van der Waals surface area contributed by atoms with Crippen molar-refractivity contribution < 1.29 is 27.9 Å². The molecule has 1 aliphatic heterocycles. The molecule has 2 aromatic carbocycles. The number of halogens is 1. The van der Waals surface area contributed by atoms with Crippen LogP contribution < -0.4 is 5.32 Å². The van der Waals surface area contributed by atoms with E-state index in [4.69, 9.17) is 21.4 Å². The average Bonchev–Trinajstić information content (AvgIpc) is 2.73. The maximum absolute atomic E-state index is 12.8. The Morgan fingerprint density at radius 1 is 1.14 bits per heavy atom. The van der Waals surface area contributed by atoms with Crippen molar-refractivity contribution in [2.24, 2.45) is 0 Å². The highest BCUT2D eigenvalue weighted by Gasteiger charge is 2.27. The number of hydrogen-bond acceptors (Lipinski definition) is 5. The summed E-state index contributed by atoms with van der Waals surface area (Å²) in [5.74, 6) is -1.63. The van der Waals surface area contributed by atoms with E-state index in [1.165, 1.54) is 34.6 Å². The molecule has 2 aromatic rings. The Bertz CT molecular complexity index is 1030. The molecule has 1 heterocycles. The fraction of sp³-hybridized carbons (Fsp3) is 0.263. The van der Waals surface area contributed by atoms with E-state index in [0.29, 0.717) is 18.8 Å². The zero-order valence-electron chi connectivity index (χ0n) is 15.3. The molecule has 0 spiro atoms. The molecule has 154 valence electrons. The number of amides is 1. The third kappa shape index (κ3) is 4.94. The largest absolute Gasteiger partial charge is 0.478 e. The third-order valence-corrected chi connectivity index (χ3v) is 6.64. The summed E-state index contributed by atoms with van der Waals surface area (Å²) in [6.45, 7) is 1.18. The van der Waals surface area contributed by atoms with Crippen LogP contribution in [0, 0.1) is 0 Å². The Kier molecular flexibility index (Phi) is 6.53. The SMILES string of the molecule is O=C(O)c1cccc(CNC(=O)c2cc(S(=O)(=O)N3CCOCC3)ccc2Cl)c1. The molecule has 0 unspecified atom stereocenters. The van der Waals surface area contributed by atoms with E-state index >= 15 is 0 Å². The number of carbonyl (C=O) groups excluding carboxylic acids is 1. The molecule has 0 aliphatic carbocycles. The normalized spacial score (nSPS) is 15.1. The van der Waals surface area contributed by atoms with Gasteiger partial charge in [-0.3, -0.25) is 4.79 Å². The minimum atomic E-state index is -3.77. The van der Waals surface area contributed by atoms with E-state index < -0.39 is 21.9 Å². The quantitative estimate of drug-likeness (QED) is 0.713. The van der Waals surface area contributed by atoms with Gasteiger partial charge in [-0.2, -0.15) is 4.31 Å². The number of benzene rings is 2. The summed E-state index contributed by atoms with van der Waals surface area (Å²) >= 11 is 6.11. The van der Waals surface area contributed by atoms with Crippen molar-refractivity contribution in [3.05, 3.63) is 64.2 Å². The van der Waals surface area contributed by atoms with E-state index in [1.54, 1.807) is 12.1 Å². The number of carboxylic acids is 1. The predicted molar refractivity (Wildman–Crippen MR) is 106 cm³/mol. The van der Waals surface area contributed by atoms with Gasteiger partial charge in [0.25, 0.3) is 5.91 Å². The van der Waals surface area contributed by atoms with Crippen LogP contribution in [0.5, 0.6) is 0 Å². The highest BCUT2D eigenvalue weighted by Crippen LogP contribution is 2.23. The first kappa shape index (κ1) is 21.3. The lowest BCUT2D eigenvalue weighted by Gasteiger charge is -2.26. The summed E-state index contributed by atoms with van der Waals surface area (Å²) in [4.78, 5) is 23.6. The van der Waals surface area contributed by atoms with Gasteiger partial charge in [0.05, 0.1) is 34.3 Å². The molecule has 2 N–H and O–H groups in total. The van der Waals surface area contributed by atoms with Crippen LogP contribution in [-0.2, 0) is 21.3 Å². The number of aromatic carboxylic acids is 1. The summed E-state index contributed by atoms with van der Waals surface area (Å²) < 4.78 is 32.1. The molecule has 3 rings (SSSR count). The molecular formula is C19H19ClN2O6S. The lowest BCUT2D eigenvalue weighted by atomic mass is 10.1. The predicted octanol–water partition coefficient (Wildman–Crippen LogP) is 1.99. The molecule has 10 heteroatoms. The number of sulfonamides is 1. The van der Waals surface area contributed by atoms with E-state index in [0.717, 1.165) is 0 Å². The van der Waals surface area contributed by atoms with Crippen molar-refractivity contribution in [2.45, 2.75) is 11.4 Å². The summed E-state index contributed by atoms with van der Waals surface area (Å²) in [6, 6.07) is 10.1. The number of rotatable bonds is 6. The second-order valence-electron chi connectivity index (χ2n) is 6.35. The minimum Gasteiger partial charge on any atom is -0.478 e. The molecule has 1 fully saturated rings. The van der Waals surface area contributed by atoms with Crippen molar-refractivity contribution in [3.63, 3.8) is 0 Å². The zero-order valence-corrected chi connectivity index (χ0v) is 16.9. The number of morpholine rings is 1. The first-order valence-electron chi connectivity index (χ1n) is 8.77. The fourth-order valence-electron chi connectivity index (χ4n) is 2.87. The van der Waals surface area contributed by atoms with Gasteiger partial charge < -0.3 is 15.2 Å². The first-order valence-corrected chi connectivity index (χ1v) is 10.6. The monoisotopic (exact) mass is 438 g/mol. The van der Waals surface area contributed by atoms with Crippen LogP contribution in [0.1, 0.15) is 26.3 Å². The van der Waals surface area contributed by atoms with Crippen molar-refractivity contribution in [1.29, 1.82) is 0 Å². The minimum absolute atomic E-state index is 0.0235. The summed E-state index contributed by atoms with van der Waals surface area (Å²) in [6.07, 6.45) is 0. The van der Waals surface area contributed by atoms with E-state index in [1.807, 2.05) is 0 Å². The van der Waals surface area contributed by atoms with Crippen LogP contribution in [-0.4, -0.2) is 56.0 Å². The zero-order chi connectivity index (χ0) is 21.0. The number of nitrogens with one attached hydrogen (secondary N) is 1. The number of carbonyl (C=O) groups is 2. The Balaban J connectivity index is 1.78. The first-order chi connectivity index (χ1) is 13.8. The molecule has 0 aromatic heterocycles. The van der Waals surface area contributed by atoms with E-state index in [-0.39, 0.29) is 40.7 Å². The molecule has 8 nitrogen and oxygen atoms in total. The van der Waals surface area contributed by atoms with Crippen LogP contribution >= 0.6 is 11.6 Å². The topological polar surface area (TPSA) is 113 Å². The summed E-state index contributed by atoms with van der Waals surface area (Å²) in [5.41, 5.74) is 0.718. The van der Waals surface area contributed by atoms with Gasteiger partial charge >= 0.3 is 5.97 Å². The molecule has 1 amide bonds. The van der Waals surface area contributed by atoms with E-state index in [9.17, 15) is 18.0 Å². The Hall–Kier alpha value is -2.46. The maximum atomic E-state index is 12.8. The molecule has 1 aliphatic rings. The smallest absolute Gasteiger partial charge is 0.335 e. The van der Waals surface area contributed by atoms with Crippen LogP contribution in [0.15, 0.2) is 47.4 Å². The number of carboxylic acid groups (broad SMARTS) is 1. The molecule has 29 heavy (non-hydrogen) atoms. The highest BCUT2D eigenvalue weighted by atomic mass is 35.5. The van der Waals surface area contributed by atoms with Gasteiger partial charge in [0.1, 0.15) is 0 Å². The lowest BCUT2D eigenvalue weighted by molar-refractivity contribution is 0.0696. The molecule has 0 saturated carbocycles. The molecule has 0 bridgehead atoms. The van der Waals surface area contributed by atoms with Gasteiger partial charge in [-0.25, -0.2) is 13.2 Å². The van der Waals surface area contributed by atoms with Gasteiger partial charge in [0, 0.05) is 19.6 Å². The third-order valence-electron chi connectivity index (χ3n) is 4.42. The van der Waals surface area contributed by atoms with Gasteiger partial charge in [0.15, 0.2) is 0 Å². The molecule has 0 radical (unpaired) electrons. The van der Waals surface area contributed by atoms with E-state index in [2.05, 4.69) is 5.32 Å². The van der Waals surface area contributed by atoms with Crippen molar-refractivity contribution in [1.82, 2.24) is 9.62 Å². The molecule has 0 atom stereocenters. The van der Waals surface area contributed by atoms with Gasteiger partial charge in [-0.05, 0) is 35.9 Å². The standard InChI is InChI=1S/C19H19ClN2O6S/c20-17-5-4-15(29(26,27)22-6-8-28-9-7-22)11-16(17)18(23)21-12-13-2-1-3-14(10-13)19(24)25/h1-5,10-11H,6-9,12H2,(H,21,23)(H,24,25). The van der Waals surface area contributed by atoms with Crippen LogP contribution in [0.25, 0.3) is 0 Å². The van der Waals surface area contributed by atoms with Gasteiger partial charge in [-0.1, -0.05) is 23.7 Å². The molecular weight excluding hydrogens is 420 g/mol. The van der Waals surface area contributed by atoms with Crippen molar-refractivity contribution in [2.75, 3.05) is 26.3 Å². The van der Waals surface area contributed by atoms with Crippen LogP contribution in [0.3, 0.4) is 0 Å². The van der Waals surface area contributed by atoms with Gasteiger partial charge in [-0.15, -0.1) is 0 Å². The number of nitrogens with zero attached hydrogens (tertiary/aromatic N) is 1. The number of ether oxygens (including phenoxy) is 1.